The lowest BCUT2D eigenvalue weighted by molar-refractivity contribution is 0.384. The smallest absolute Gasteiger partial charge is 0.243 e. The molecule has 1 aliphatic rings. The van der Waals surface area contributed by atoms with Gasteiger partial charge in [-0.2, -0.15) is 4.31 Å². The number of hydrogen-bond donors (Lipinski definition) is 0. The molecule has 1 aliphatic heterocycles. The standard InChI is InChI=1S/C21H21BrClN3O2S2/c22-14-17-3-7-20(8-4-17)30(27,28)26-11-9-25(10-12-26)21-24-19(15-29-21)13-16-1-5-18(23)6-2-16/h1-8,15H,9-14H2. The molecule has 9 heteroatoms. The van der Waals surface area contributed by atoms with Crippen molar-refractivity contribution in [2.45, 2.75) is 16.6 Å². The summed E-state index contributed by atoms with van der Waals surface area (Å²) in [6, 6.07) is 14.8. The minimum absolute atomic E-state index is 0.347. The van der Waals surface area contributed by atoms with Crippen LogP contribution in [0.2, 0.25) is 5.02 Å². The Bertz CT molecular complexity index is 1090. The lowest BCUT2D eigenvalue weighted by Crippen LogP contribution is -2.48. The van der Waals surface area contributed by atoms with E-state index in [1.54, 1.807) is 27.8 Å². The zero-order valence-electron chi connectivity index (χ0n) is 16.2. The molecule has 0 atom stereocenters. The fourth-order valence-electron chi connectivity index (χ4n) is 3.35. The number of halogens is 2. The highest BCUT2D eigenvalue weighted by atomic mass is 79.9. The third kappa shape index (κ3) is 4.89. The average Bonchev–Trinajstić information content (AvgIpc) is 3.24. The van der Waals surface area contributed by atoms with Gasteiger partial charge in [-0.3, -0.25) is 0 Å². The van der Waals surface area contributed by atoms with Crippen LogP contribution >= 0.6 is 38.9 Å². The van der Waals surface area contributed by atoms with Crippen molar-refractivity contribution >= 4 is 54.0 Å². The van der Waals surface area contributed by atoms with Gasteiger partial charge in [-0.25, -0.2) is 13.4 Å². The van der Waals surface area contributed by atoms with Crippen LogP contribution in [0, 0.1) is 0 Å². The van der Waals surface area contributed by atoms with Gasteiger partial charge >= 0.3 is 0 Å². The van der Waals surface area contributed by atoms with E-state index in [0.717, 1.165) is 33.4 Å². The molecule has 30 heavy (non-hydrogen) atoms. The maximum atomic E-state index is 12.9. The first-order valence-electron chi connectivity index (χ1n) is 9.54. The van der Waals surface area contributed by atoms with E-state index in [4.69, 9.17) is 16.6 Å². The lowest BCUT2D eigenvalue weighted by Gasteiger charge is -2.33. The third-order valence-electron chi connectivity index (χ3n) is 5.06. The molecule has 0 unspecified atom stereocenters. The van der Waals surface area contributed by atoms with Gasteiger partial charge in [0.2, 0.25) is 10.0 Å². The summed E-state index contributed by atoms with van der Waals surface area (Å²) in [4.78, 5) is 7.27. The zero-order valence-corrected chi connectivity index (χ0v) is 20.1. The molecule has 0 radical (unpaired) electrons. The van der Waals surface area contributed by atoms with Gasteiger partial charge < -0.3 is 4.90 Å². The molecule has 4 rings (SSSR count). The van der Waals surface area contributed by atoms with Crippen LogP contribution in [0.5, 0.6) is 0 Å². The maximum absolute atomic E-state index is 12.9. The van der Waals surface area contributed by atoms with Gasteiger partial charge in [0.1, 0.15) is 0 Å². The number of aromatic nitrogens is 1. The Balaban J connectivity index is 1.38. The van der Waals surface area contributed by atoms with Gasteiger partial charge in [0.25, 0.3) is 0 Å². The van der Waals surface area contributed by atoms with Gasteiger partial charge in [0, 0.05) is 48.3 Å². The van der Waals surface area contributed by atoms with E-state index < -0.39 is 10.0 Å². The maximum Gasteiger partial charge on any atom is 0.243 e. The molecule has 0 saturated carbocycles. The van der Waals surface area contributed by atoms with Gasteiger partial charge in [0.05, 0.1) is 10.6 Å². The van der Waals surface area contributed by atoms with Crippen molar-refractivity contribution in [3.8, 4) is 0 Å². The first-order chi connectivity index (χ1) is 14.5. The quantitative estimate of drug-likeness (QED) is 0.433. The second-order valence-electron chi connectivity index (χ2n) is 7.09. The topological polar surface area (TPSA) is 53.5 Å². The van der Waals surface area contributed by atoms with E-state index in [1.165, 1.54) is 0 Å². The van der Waals surface area contributed by atoms with Crippen LogP contribution in [0.3, 0.4) is 0 Å². The van der Waals surface area contributed by atoms with Crippen molar-refractivity contribution < 1.29 is 8.42 Å². The van der Waals surface area contributed by atoms with Crippen molar-refractivity contribution in [2.75, 3.05) is 31.1 Å². The number of benzene rings is 2. The Hall–Kier alpha value is -1.45. The molecule has 2 aromatic carbocycles. The van der Waals surface area contributed by atoms with Crippen molar-refractivity contribution in [2.24, 2.45) is 0 Å². The molecular weight excluding hydrogens is 506 g/mol. The van der Waals surface area contributed by atoms with Crippen LogP contribution in [0.15, 0.2) is 58.8 Å². The Labute approximate surface area is 194 Å². The monoisotopic (exact) mass is 525 g/mol. The molecular formula is C21H21BrClN3O2S2. The van der Waals surface area contributed by atoms with Gasteiger partial charge in [-0.05, 0) is 35.4 Å². The molecule has 0 bridgehead atoms. The SMILES string of the molecule is O=S(=O)(c1ccc(CBr)cc1)N1CCN(c2nc(Cc3ccc(Cl)cc3)cs2)CC1. The highest BCUT2D eigenvalue weighted by Gasteiger charge is 2.29. The van der Waals surface area contributed by atoms with Crippen molar-refractivity contribution in [3.63, 3.8) is 0 Å². The Morgan fingerprint density at radius 3 is 2.23 bits per heavy atom. The van der Waals surface area contributed by atoms with Crippen LogP contribution in [0.4, 0.5) is 5.13 Å². The van der Waals surface area contributed by atoms with Crippen LogP contribution in [-0.4, -0.2) is 43.9 Å². The third-order valence-corrected chi connectivity index (χ3v) is 8.83. The molecule has 1 fully saturated rings. The van der Waals surface area contributed by atoms with Gasteiger partial charge in [0.15, 0.2) is 5.13 Å². The second kappa shape index (κ2) is 9.36. The Morgan fingerprint density at radius 1 is 0.967 bits per heavy atom. The lowest BCUT2D eigenvalue weighted by atomic mass is 10.1. The molecule has 0 aliphatic carbocycles. The summed E-state index contributed by atoms with van der Waals surface area (Å²) in [7, 11) is -3.47. The number of nitrogens with zero attached hydrogens (tertiary/aromatic N) is 3. The van der Waals surface area contributed by atoms with E-state index in [2.05, 4.69) is 26.2 Å². The minimum Gasteiger partial charge on any atom is -0.345 e. The fraction of sp³-hybridized carbons (Fsp3) is 0.286. The van der Waals surface area contributed by atoms with E-state index in [9.17, 15) is 8.42 Å². The summed E-state index contributed by atoms with van der Waals surface area (Å²) in [5, 5.41) is 4.44. The number of anilines is 1. The van der Waals surface area contributed by atoms with Crippen LogP contribution in [0.25, 0.3) is 0 Å². The molecule has 5 nitrogen and oxygen atoms in total. The molecule has 1 aromatic heterocycles. The molecule has 1 saturated heterocycles. The molecule has 158 valence electrons. The normalized spacial score (nSPS) is 15.5. The highest BCUT2D eigenvalue weighted by Crippen LogP contribution is 2.26. The molecule has 0 amide bonds. The number of sulfonamides is 1. The fourth-order valence-corrected chi connectivity index (χ4v) is 6.15. The molecule has 0 N–H and O–H groups in total. The van der Waals surface area contributed by atoms with Crippen molar-refractivity contribution in [1.82, 2.24) is 9.29 Å². The van der Waals surface area contributed by atoms with E-state index in [1.807, 2.05) is 36.4 Å². The van der Waals surface area contributed by atoms with Gasteiger partial charge in [-0.15, -0.1) is 11.3 Å². The largest absolute Gasteiger partial charge is 0.345 e. The summed E-state index contributed by atoms with van der Waals surface area (Å²) < 4.78 is 27.4. The first kappa shape index (κ1) is 21.8. The number of thiazole rings is 1. The summed E-state index contributed by atoms with van der Waals surface area (Å²) in [6.07, 6.45) is 0.756. The number of alkyl halides is 1. The van der Waals surface area contributed by atoms with E-state index in [-0.39, 0.29) is 0 Å². The molecule has 0 spiro atoms. The summed E-state index contributed by atoms with van der Waals surface area (Å²) in [5.74, 6) is 0. The van der Waals surface area contributed by atoms with Crippen molar-refractivity contribution in [1.29, 1.82) is 0 Å². The summed E-state index contributed by atoms with van der Waals surface area (Å²) in [6.45, 7) is 2.17. The number of hydrogen-bond acceptors (Lipinski definition) is 5. The van der Waals surface area contributed by atoms with E-state index >= 15 is 0 Å². The average molecular weight is 527 g/mol. The molecule has 3 aromatic rings. The van der Waals surface area contributed by atoms with Crippen LogP contribution < -0.4 is 4.90 Å². The number of rotatable bonds is 6. The minimum atomic E-state index is -3.47. The van der Waals surface area contributed by atoms with Gasteiger partial charge in [-0.1, -0.05) is 51.8 Å². The predicted octanol–water partition coefficient (Wildman–Crippen LogP) is 4.79. The van der Waals surface area contributed by atoms with Crippen molar-refractivity contribution in [3.05, 3.63) is 75.8 Å². The predicted molar refractivity (Wildman–Crippen MR) is 126 cm³/mol. The zero-order chi connectivity index (χ0) is 21.1. The summed E-state index contributed by atoms with van der Waals surface area (Å²) >= 11 is 10.9. The first-order valence-corrected chi connectivity index (χ1v) is 13.4. The van der Waals surface area contributed by atoms with Crippen LogP contribution in [0.1, 0.15) is 16.8 Å². The highest BCUT2D eigenvalue weighted by molar-refractivity contribution is 9.08. The number of piperazine rings is 1. The molecule has 2 heterocycles. The second-order valence-corrected chi connectivity index (χ2v) is 10.9. The Morgan fingerprint density at radius 2 is 1.60 bits per heavy atom. The summed E-state index contributed by atoms with van der Waals surface area (Å²) in [5.41, 5.74) is 3.23. The Kier molecular flexibility index (Phi) is 6.79. The van der Waals surface area contributed by atoms with E-state index in [0.29, 0.717) is 36.4 Å². The van der Waals surface area contributed by atoms with Crippen LogP contribution in [-0.2, 0) is 21.8 Å².